The van der Waals surface area contributed by atoms with Gasteiger partial charge in [-0.2, -0.15) is 0 Å². The van der Waals surface area contributed by atoms with Crippen molar-refractivity contribution in [1.29, 1.82) is 0 Å². The molecule has 0 aliphatic carbocycles. The van der Waals surface area contributed by atoms with Crippen LogP contribution in [0.15, 0.2) is 59.7 Å². The fraction of sp³-hybridized carbons (Fsp3) is 0. The molecular weight excluding hydrogens is 290 g/mol. The van der Waals surface area contributed by atoms with E-state index < -0.39 is 5.97 Å². The molecule has 4 heteroatoms. The summed E-state index contributed by atoms with van der Waals surface area (Å²) in [7, 11) is 0. The number of fused-ring (bicyclic) bond motifs is 3. The van der Waals surface area contributed by atoms with Gasteiger partial charge in [0.2, 0.25) is 5.76 Å². The summed E-state index contributed by atoms with van der Waals surface area (Å²) in [4.78, 5) is 14.9. The smallest absolute Gasteiger partial charge is 0.372 e. The molecule has 112 valence electrons. The zero-order valence-electron chi connectivity index (χ0n) is 12.2. The molecule has 0 atom stereocenters. The molecule has 0 saturated heterocycles. The summed E-state index contributed by atoms with van der Waals surface area (Å²) in [5.41, 5.74) is 3.90. The number of benzene rings is 2. The third-order valence-electron chi connectivity index (χ3n) is 4.04. The number of carbonyl (C=O) groups is 1. The molecule has 0 radical (unpaired) electrons. The molecule has 0 unspecified atom stereocenters. The number of rotatable bonds is 3. The van der Waals surface area contributed by atoms with Crippen molar-refractivity contribution in [3.8, 4) is 11.1 Å². The van der Waals surface area contributed by atoms with Crippen molar-refractivity contribution in [2.75, 3.05) is 0 Å². The Morgan fingerprint density at radius 3 is 2.70 bits per heavy atom. The lowest BCUT2D eigenvalue weighted by Gasteiger charge is -2.04. The fourth-order valence-corrected chi connectivity index (χ4v) is 3.04. The molecule has 2 heterocycles. The largest absolute Gasteiger partial charge is 0.475 e. The molecule has 0 amide bonds. The van der Waals surface area contributed by atoms with Crippen molar-refractivity contribution in [2.45, 2.75) is 0 Å². The van der Waals surface area contributed by atoms with Crippen LogP contribution in [-0.2, 0) is 0 Å². The number of aromatic nitrogens is 1. The van der Waals surface area contributed by atoms with E-state index in [1.165, 1.54) is 6.26 Å². The van der Waals surface area contributed by atoms with Crippen LogP contribution < -0.4 is 0 Å². The molecule has 2 aromatic heterocycles. The van der Waals surface area contributed by atoms with E-state index in [9.17, 15) is 9.90 Å². The Bertz CT molecular complexity index is 1070. The standard InChI is InChI=1S/C19H13NO3/c1-2-11-10-23-18(19(21)22)16(11)14-8-5-7-13-12-6-3-4-9-15(12)20-17(13)14/h2-10,20H,1H2,(H,21,22). The zero-order chi connectivity index (χ0) is 16.0. The van der Waals surface area contributed by atoms with Gasteiger partial charge in [-0.15, -0.1) is 0 Å². The highest BCUT2D eigenvalue weighted by Gasteiger charge is 2.22. The lowest BCUT2D eigenvalue weighted by Crippen LogP contribution is -1.97. The van der Waals surface area contributed by atoms with Crippen LogP contribution in [-0.4, -0.2) is 16.1 Å². The number of hydrogen-bond donors (Lipinski definition) is 2. The van der Waals surface area contributed by atoms with Gasteiger partial charge < -0.3 is 14.5 Å². The van der Waals surface area contributed by atoms with Gasteiger partial charge >= 0.3 is 5.97 Å². The second-order valence-corrected chi connectivity index (χ2v) is 5.30. The monoisotopic (exact) mass is 303 g/mol. The Labute approximate surface area is 131 Å². The van der Waals surface area contributed by atoms with Gasteiger partial charge in [0.1, 0.15) is 0 Å². The molecule has 0 bridgehead atoms. The number of carboxylic acid groups (broad SMARTS) is 1. The quantitative estimate of drug-likeness (QED) is 0.564. The first-order valence-electron chi connectivity index (χ1n) is 7.17. The maximum absolute atomic E-state index is 11.5. The van der Waals surface area contributed by atoms with E-state index in [4.69, 9.17) is 4.42 Å². The number of H-pyrrole nitrogens is 1. The lowest BCUT2D eigenvalue weighted by atomic mass is 9.98. The van der Waals surface area contributed by atoms with E-state index in [1.54, 1.807) is 6.08 Å². The SMILES string of the molecule is C=Cc1coc(C(=O)O)c1-c1cccc2c1[nH]c1ccccc12. The van der Waals surface area contributed by atoms with Crippen LogP contribution in [0.2, 0.25) is 0 Å². The van der Waals surface area contributed by atoms with E-state index in [0.717, 1.165) is 27.4 Å². The maximum atomic E-state index is 11.5. The summed E-state index contributed by atoms with van der Waals surface area (Å²) in [6, 6.07) is 13.8. The van der Waals surface area contributed by atoms with Crippen LogP contribution in [0, 0.1) is 0 Å². The lowest BCUT2D eigenvalue weighted by molar-refractivity contribution is 0.0663. The number of para-hydroxylation sites is 2. The molecule has 2 N–H and O–H groups in total. The molecule has 2 aromatic carbocycles. The summed E-state index contributed by atoms with van der Waals surface area (Å²) in [5, 5.41) is 11.6. The second-order valence-electron chi connectivity index (χ2n) is 5.30. The average Bonchev–Trinajstić information content (AvgIpc) is 3.15. The third kappa shape index (κ3) is 1.89. The van der Waals surface area contributed by atoms with Crippen LogP contribution >= 0.6 is 0 Å². The molecule has 0 spiro atoms. The highest BCUT2D eigenvalue weighted by atomic mass is 16.4. The summed E-state index contributed by atoms with van der Waals surface area (Å²) in [6.07, 6.45) is 3.03. The molecule has 4 aromatic rings. The minimum atomic E-state index is -1.10. The van der Waals surface area contributed by atoms with Crippen molar-refractivity contribution in [2.24, 2.45) is 0 Å². The van der Waals surface area contributed by atoms with Crippen LogP contribution in [0.4, 0.5) is 0 Å². The molecule has 4 nitrogen and oxygen atoms in total. The van der Waals surface area contributed by atoms with Gasteiger partial charge in [0.15, 0.2) is 0 Å². The van der Waals surface area contributed by atoms with Crippen LogP contribution in [0.25, 0.3) is 39.0 Å². The normalized spacial score (nSPS) is 11.1. The Hall–Kier alpha value is -3.27. The highest BCUT2D eigenvalue weighted by Crippen LogP contribution is 2.37. The summed E-state index contributed by atoms with van der Waals surface area (Å²) in [5.74, 6) is -1.17. The molecular formula is C19H13NO3. The Kier molecular flexibility index (Phi) is 2.84. The Morgan fingerprint density at radius 1 is 1.13 bits per heavy atom. The predicted octanol–water partition coefficient (Wildman–Crippen LogP) is 4.92. The maximum Gasteiger partial charge on any atom is 0.372 e. The fourth-order valence-electron chi connectivity index (χ4n) is 3.04. The molecule has 4 rings (SSSR count). The zero-order valence-corrected chi connectivity index (χ0v) is 12.2. The van der Waals surface area contributed by atoms with Gasteiger partial charge in [0.25, 0.3) is 0 Å². The van der Waals surface area contributed by atoms with Crippen LogP contribution in [0.3, 0.4) is 0 Å². The second kappa shape index (κ2) is 4.88. The number of furan rings is 1. The molecule has 23 heavy (non-hydrogen) atoms. The predicted molar refractivity (Wildman–Crippen MR) is 90.6 cm³/mol. The number of nitrogens with one attached hydrogen (secondary N) is 1. The molecule has 0 saturated carbocycles. The summed E-state index contributed by atoms with van der Waals surface area (Å²) in [6.45, 7) is 3.75. The van der Waals surface area contributed by atoms with E-state index in [-0.39, 0.29) is 5.76 Å². The highest BCUT2D eigenvalue weighted by molar-refractivity contribution is 6.13. The number of aromatic carboxylic acids is 1. The van der Waals surface area contributed by atoms with Gasteiger partial charge in [-0.1, -0.05) is 49.1 Å². The summed E-state index contributed by atoms with van der Waals surface area (Å²) < 4.78 is 5.24. The molecule has 0 aliphatic rings. The van der Waals surface area contributed by atoms with E-state index >= 15 is 0 Å². The first-order valence-corrected chi connectivity index (χ1v) is 7.17. The average molecular weight is 303 g/mol. The first kappa shape index (κ1) is 13.4. The molecule has 0 aliphatic heterocycles. The van der Waals surface area contributed by atoms with Crippen LogP contribution in [0.1, 0.15) is 16.1 Å². The van der Waals surface area contributed by atoms with Gasteiger partial charge in [0, 0.05) is 33.0 Å². The van der Waals surface area contributed by atoms with Crippen molar-refractivity contribution in [1.82, 2.24) is 4.98 Å². The van der Waals surface area contributed by atoms with Crippen molar-refractivity contribution < 1.29 is 14.3 Å². The topological polar surface area (TPSA) is 66.2 Å². The van der Waals surface area contributed by atoms with Gasteiger partial charge in [0.05, 0.1) is 11.8 Å². The third-order valence-corrected chi connectivity index (χ3v) is 4.04. The van der Waals surface area contributed by atoms with E-state index in [0.29, 0.717) is 11.1 Å². The molecule has 0 fully saturated rings. The van der Waals surface area contributed by atoms with Crippen molar-refractivity contribution >= 4 is 33.9 Å². The number of aromatic amines is 1. The van der Waals surface area contributed by atoms with E-state index in [2.05, 4.69) is 11.6 Å². The minimum absolute atomic E-state index is 0.0777. The Morgan fingerprint density at radius 2 is 1.91 bits per heavy atom. The Balaban J connectivity index is 2.13. The van der Waals surface area contributed by atoms with E-state index in [1.807, 2.05) is 42.5 Å². The van der Waals surface area contributed by atoms with Gasteiger partial charge in [-0.25, -0.2) is 4.79 Å². The minimum Gasteiger partial charge on any atom is -0.475 e. The summed E-state index contributed by atoms with van der Waals surface area (Å²) >= 11 is 0. The van der Waals surface area contributed by atoms with Crippen LogP contribution in [0.5, 0.6) is 0 Å². The first-order chi connectivity index (χ1) is 11.2. The van der Waals surface area contributed by atoms with Gasteiger partial charge in [-0.05, 0) is 6.07 Å². The number of hydrogen-bond acceptors (Lipinski definition) is 2. The van der Waals surface area contributed by atoms with Crippen molar-refractivity contribution in [3.05, 3.63) is 66.6 Å². The van der Waals surface area contributed by atoms with Gasteiger partial charge in [-0.3, -0.25) is 0 Å². The van der Waals surface area contributed by atoms with Crippen molar-refractivity contribution in [3.63, 3.8) is 0 Å². The number of carboxylic acids is 1.